The number of rotatable bonds is 17. The van der Waals surface area contributed by atoms with E-state index in [4.69, 9.17) is 9.47 Å². The number of phenolic OH excluding ortho intramolecular Hbond substituents is 1. The van der Waals surface area contributed by atoms with Gasteiger partial charge < -0.3 is 39.9 Å². The van der Waals surface area contributed by atoms with Crippen LogP contribution in [0.2, 0.25) is 0 Å². The topological polar surface area (TPSA) is 120 Å². The van der Waals surface area contributed by atoms with Crippen molar-refractivity contribution in [3.63, 3.8) is 0 Å². The second-order valence-electron chi connectivity index (χ2n) is 17.2. The zero-order chi connectivity index (χ0) is 36.1. The van der Waals surface area contributed by atoms with Gasteiger partial charge in [-0.15, -0.1) is 0 Å². The molecule has 3 atom stereocenters. The van der Waals surface area contributed by atoms with Crippen molar-refractivity contribution in [3.8, 4) is 11.5 Å². The summed E-state index contributed by atoms with van der Waals surface area (Å²) in [5.74, 6) is 1.02. The molecular formula is C42H64N3O6+. The molecule has 2 aromatic rings. The molecule has 2 aromatic carbocycles. The molecule has 1 amide bonds. The van der Waals surface area contributed by atoms with Gasteiger partial charge in [0, 0.05) is 36.9 Å². The molecule has 0 spiro atoms. The molecule has 0 aromatic heterocycles. The summed E-state index contributed by atoms with van der Waals surface area (Å²) in [4.78, 5) is 11.6. The zero-order valence-corrected chi connectivity index (χ0v) is 31.4. The van der Waals surface area contributed by atoms with Gasteiger partial charge in [-0.1, -0.05) is 77.1 Å². The normalized spacial score (nSPS) is 25.2. The van der Waals surface area contributed by atoms with Crippen LogP contribution in [0.15, 0.2) is 36.4 Å². The molecule has 3 saturated heterocycles. The first-order chi connectivity index (χ1) is 24.5. The highest BCUT2D eigenvalue weighted by atomic mass is 16.5. The third-order valence-corrected chi connectivity index (χ3v) is 12.5. The molecule has 4 aliphatic heterocycles. The Morgan fingerprint density at radius 3 is 2.33 bits per heavy atom. The first-order valence-corrected chi connectivity index (χ1v) is 19.9. The van der Waals surface area contributed by atoms with E-state index in [0.717, 1.165) is 44.3 Å². The molecule has 0 radical (unpaired) electrons. The van der Waals surface area contributed by atoms with Crippen molar-refractivity contribution in [2.24, 2.45) is 11.8 Å². The van der Waals surface area contributed by atoms with E-state index in [9.17, 15) is 20.1 Å². The number of carbonyl (C=O) groups excluding carboxylic acids is 1. The lowest BCUT2D eigenvalue weighted by Crippen LogP contribution is -2.64. The SMILES string of the molecule is CC(C)(C)c1ccc([C@](O)(CO[C@H]2C[N+]3(CCCCCCCCNC[C@H](O)c4cc(O)cc5c4OCC(=O)N5)CCC2CC3)C2CCCC2)cc1. The fourth-order valence-electron chi connectivity index (χ4n) is 9.27. The van der Waals surface area contributed by atoms with E-state index in [1.165, 1.54) is 93.2 Å². The number of fused-ring (bicyclic) bond motifs is 4. The number of aliphatic hydroxyl groups is 2. The van der Waals surface area contributed by atoms with Crippen LogP contribution in [-0.4, -0.2) is 84.3 Å². The number of hydrogen-bond donors (Lipinski definition) is 5. The monoisotopic (exact) mass is 706 g/mol. The molecule has 51 heavy (non-hydrogen) atoms. The summed E-state index contributed by atoms with van der Waals surface area (Å²) in [6.07, 6.45) is 13.6. The number of phenols is 1. The van der Waals surface area contributed by atoms with E-state index >= 15 is 0 Å². The summed E-state index contributed by atoms with van der Waals surface area (Å²) in [6, 6.07) is 11.7. The maximum Gasteiger partial charge on any atom is 0.262 e. The second-order valence-corrected chi connectivity index (χ2v) is 17.2. The molecule has 5 aliphatic rings. The first kappa shape index (κ1) is 38.0. The highest BCUT2D eigenvalue weighted by molar-refractivity contribution is 5.96. The van der Waals surface area contributed by atoms with Crippen molar-refractivity contribution in [1.82, 2.24) is 5.32 Å². The molecule has 1 saturated carbocycles. The zero-order valence-electron chi connectivity index (χ0n) is 31.4. The maximum atomic E-state index is 12.3. The number of ether oxygens (including phenoxy) is 2. The van der Waals surface area contributed by atoms with Crippen LogP contribution in [0.5, 0.6) is 11.5 Å². The summed E-state index contributed by atoms with van der Waals surface area (Å²) >= 11 is 0. The van der Waals surface area contributed by atoms with E-state index < -0.39 is 11.7 Å². The standard InChI is InChI=1S/C42H63N3O6/c1-41(2,3)31-14-16-33(17-15-31)42(49,32-12-8-9-13-32)29-51-38-27-45(22-18-30(38)19-23-45)21-11-7-5-4-6-10-20-43-26-37(47)35-24-34(46)25-36-40(35)50-28-39(48)44-36/h14-17,24-25,30,32,37-38,43,47,49H,4-13,18-23,26-29H2,1-3H3,(H-,44,46,48)/p+1/t30?,37-,38-,42-,45?/m0/s1. The Morgan fingerprint density at radius 2 is 1.63 bits per heavy atom. The second kappa shape index (κ2) is 16.5. The van der Waals surface area contributed by atoms with Crippen LogP contribution in [0, 0.1) is 11.8 Å². The molecule has 5 N–H and O–H groups in total. The average Bonchev–Trinajstić information content (AvgIpc) is 3.67. The number of quaternary nitrogens is 1. The third-order valence-electron chi connectivity index (χ3n) is 12.5. The van der Waals surface area contributed by atoms with Crippen LogP contribution in [0.1, 0.15) is 121 Å². The van der Waals surface area contributed by atoms with Crippen molar-refractivity contribution < 1.29 is 34.1 Å². The van der Waals surface area contributed by atoms with Gasteiger partial charge in [0.15, 0.2) is 6.61 Å². The predicted octanol–water partition coefficient (Wildman–Crippen LogP) is 6.69. The van der Waals surface area contributed by atoms with Gasteiger partial charge in [-0.25, -0.2) is 0 Å². The minimum absolute atomic E-state index is 0.0165. The van der Waals surface area contributed by atoms with E-state index in [1.807, 2.05) is 0 Å². The number of carbonyl (C=O) groups is 1. The number of piperidine rings is 3. The van der Waals surface area contributed by atoms with Crippen LogP contribution < -0.4 is 15.4 Å². The predicted molar refractivity (Wildman–Crippen MR) is 201 cm³/mol. The molecule has 4 heterocycles. The minimum atomic E-state index is -0.917. The quantitative estimate of drug-likeness (QED) is 0.0919. The lowest BCUT2D eigenvalue weighted by Gasteiger charge is -2.53. The summed E-state index contributed by atoms with van der Waals surface area (Å²) in [5, 5.41) is 39.1. The van der Waals surface area contributed by atoms with Crippen molar-refractivity contribution in [2.75, 3.05) is 57.8 Å². The molecule has 4 fully saturated rings. The minimum Gasteiger partial charge on any atom is -0.508 e. The highest BCUT2D eigenvalue weighted by Crippen LogP contribution is 2.43. The Labute approximate surface area is 305 Å². The fraction of sp³-hybridized carbons (Fsp3) is 0.690. The molecule has 2 bridgehead atoms. The van der Waals surface area contributed by atoms with Crippen molar-refractivity contribution in [3.05, 3.63) is 53.1 Å². The van der Waals surface area contributed by atoms with Crippen molar-refractivity contribution in [2.45, 2.75) is 121 Å². The van der Waals surface area contributed by atoms with Gasteiger partial charge in [0.2, 0.25) is 0 Å². The van der Waals surface area contributed by atoms with Crippen LogP contribution in [0.4, 0.5) is 5.69 Å². The number of aliphatic hydroxyl groups excluding tert-OH is 1. The van der Waals surface area contributed by atoms with Crippen LogP contribution in [0.25, 0.3) is 0 Å². The summed E-state index contributed by atoms with van der Waals surface area (Å²) in [6.45, 7) is 13.1. The van der Waals surface area contributed by atoms with Crippen molar-refractivity contribution in [1.29, 1.82) is 0 Å². The largest absolute Gasteiger partial charge is 0.508 e. The Kier molecular flexibility index (Phi) is 12.3. The van der Waals surface area contributed by atoms with Crippen LogP contribution >= 0.6 is 0 Å². The number of anilines is 1. The number of nitrogens with zero attached hydrogens (tertiary/aromatic N) is 1. The number of aromatic hydroxyl groups is 1. The summed E-state index contributed by atoms with van der Waals surface area (Å²) in [7, 11) is 0. The highest BCUT2D eigenvalue weighted by Gasteiger charge is 2.48. The Balaban J connectivity index is 0.893. The van der Waals surface area contributed by atoms with Crippen LogP contribution in [-0.2, 0) is 20.5 Å². The molecule has 7 rings (SSSR count). The van der Waals surface area contributed by atoms with Crippen molar-refractivity contribution >= 4 is 11.6 Å². The Morgan fingerprint density at radius 1 is 0.961 bits per heavy atom. The maximum absolute atomic E-state index is 12.3. The lowest BCUT2D eigenvalue weighted by atomic mass is 9.78. The lowest BCUT2D eigenvalue weighted by molar-refractivity contribution is -0.946. The van der Waals surface area contributed by atoms with E-state index in [0.29, 0.717) is 36.1 Å². The Bertz CT molecular complexity index is 1440. The number of amides is 1. The number of hydrogen-bond acceptors (Lipinski definition) is 7. The van der Waals surface area contributed by atoms with Crippen LogP contribution in [0.3, 0.4) is 0 Å². The third kappa shape index (κ3) is 9.28. The first-order valence-electron chi connectivity index (χ1n) is 19.9. The molecule has 9 heteroatoms. The number of unbranched alkanes of at least 4 members (excludes halogenated alkanes) is 5. The smallest absolute Gasteiger partial charge is 0.262 e. The Hall–Kier alpha value is -2.69. The van der Waals surface area contributed by atoms with Gasteiger partial charge in [0.25, 0.3) is 5.91 Å². The summed E-state index contributed by atoms with van der Waals surface area (Å²) < 4.78 is 13.5. The fourth-order valence-corrected chi connectivity index (χ4v) is 9.27. The van der Waals surface area contributed by atoms with Gasteiger partial charge in [0.05, 0.1) is 38.0 Å². The number of nitrogens with one attached hydrogen (secondary N) is 2. The summed E-state index contributed by atoms with van der Waals surface area (Å²) in [5.41, 5.74) is 2.37. The molecule has 282 valence electrons. The van der Waals surface area contributed by atoms with Gasteiger partial charge in [0.1, 0.15) is 29.7 Å². The van der Waals surface area contributed by atoms with Gasteiger partial charge in [-0.2, -0.15) is 0 Å². The molecule has 1 aliphatic carbocycles. The van der Waals surface area contributed by atoms with E-state index in [-0.39, 0.29) is 35.7 Å². The molecule has 9 nitrogen and oxygen atoms in total. The van der Waals surface area contributed by atoms with Gasteiger partial charge in [-0.3, -0.25) is 4.79 Å². The van der Waals surface area contributed by atoms with E-state index in [2.05, 4.69) is 55.7 Å². The van der Waals surface area contributed by atoms with Gasteiger partial charge >= 0.3 is 0 Å². The van der Waals surface area contributed by atoms with Gasteiger partial charge in [-0.05, 0) is 67.2 Å². The molecule has 0 unspecified atom stereocenters. The molecular weight excluding hydrogens is 642 g/mol. The average molecular weight is 707 g/mol. The number of benzene rings is 2. The van der Waals surface area contributed by atoms with E-state index in [1.54, 1.807) is 0 Å².